The Kier molecular flexibility index (Phi) is 3.83. The molecule has 0 amide bonds. The van der Waals surface area contributed by atoms with Gasteiger partial charge in [-0.15, -0.1) is 0 Å². The molecule has 0 spiro atoms. The van der Waals surface area contributed by atoms with Crippen molar-refractivity contribution in [1.82, 2.24) is 9.55 Å². The van der Waals surface area contributed by atoms with E-state index in [1.165, 1.54) is 11.1 Å². The Bertz CT molecular complexity index is 986. The molecule has 0 radical (unpaired) electrons. The SMILES string of the molecule is Cc1ccc2nc(-c3ccc(Cl)cc3)n(Cc3ccccc3)c2c1. The third-order valence-corrected chi connectivity index (χ3v) is 4.44. The second-order valence-electron chi connectivity index (χ2n) is 6.01. The van der Waals surface area contributed by atoms with Crippen LogP contribution < -0.4 is 0 Å². The molecule has 0 aliphatic heterocycles. The van der Waals surface area contributed by atoms with Crippen LogP contribution in [0.25, 0.3) is 22.4 Å². The van der Waals surface area contributed by atoms with Crippen molar-refractivity contribution in [2.45, 2.75) is 13.5 Å². The van der Waals surface area contributed by atoms with Crippen molar-refractivity contribution in [3.63, 3.8) is 0 Å². The zero-order chi connectivity index (χ0) is 16.5. The van der Waals surface area contributed by atoms with Gasteiger partial charge in [-0.25, -0.2) is 4.98 Å². The van der Waals surface area contributed by atoms with Crippen LogP contribution in [-0.4, -0.2) is 9.55 Å². The third-order valence-electron chi connectivity index (χ3n) is 4.19. The van der Waals surface area contributed by atoms with Gasteiger partial charge in [-0.3, -0.25) is 0 Å². The molecular formula is C21H17ClN2. The van der Waals surface area contributed by atoms with E-state index in [1.54, 1.807) is 0 Å². The van der Waals surface area contributed by atoms with Crippen molar-refractivity contribution in [3.05, 3.63) is 88.9 Å². The van der Waals surface area contributed by atoms with E-state index in [0.29, 0.717) is 0 Å². The fourth-order valence-electron chi connectivity index (χ4n) is 2.98. The van der Waals surface area contributed by atoms with Crippen molar-refractivity contribution >= 4 is 22.6 Å². The van der Waals surface area contributed by atoms with Crippen molar-refractivity contribution in [2.24, 2.45) is 0 Å². The first-order valence-corrected chi connectivity index (χ1v) is 8.35. The summed E-state index contributed by atoms with van der Waals surface area (Å²) in [6, 6.07) is 24.7. The van der Waals surface area contributed by atoms with Crippen LogP contribution in [0.1, 0.15) is 11.1 Å². The van der Waals surface area contributed by atoms with Crippen LogP contribution in [0.4, 0.5) is 0 Å². The summed E-state index contributed by atoms with van der Waals surface area (Å²) in [7, 11) is 0. The lowest BCUT2D eigenvalue weighted by Gasteiger charge is -2.10. The lowest BCUT2D eigenvalue weighted by Crippen LogP contribution is -2.02. The normalized spacial score (nSPS) is 11.1. The van der Waals surface area contributed by atoms with Crippen molar-refractivity contribution in [3.8, 4) is 11.4 Å². The molecule has 0 aliphatic rings. The fraction of sp³-hybridized carbons (Fsp3) is 0.0952. The summed E-state index contributed by atoms with van der Waals surface area (Å²) in [5, 5.41) is 0.736. The summed E-state index contributed by atoms with van der Waals surface area (Å²) in [5.41, 5.74) is 5.74. The molecule has 0 saturated heterocycles. The van der Waals surface area contributed by atoms with Crippen LogP contribution in [0.2, 0.25) is 5.02 Å². The molecule has 118 valence electrons. The Morgan fingerprint density at radius 2 is 1.67 bits per heavy atom. The predicted molar refractivity (Wildman–Crippen MR) is 100 cm³/mol. The Morgan fingerprint density at radius 1 is 0.917 bits per heavy atom. The minimum absolute atomic E-state index is 0.736. The molecule has 24 heavy (non-hydrogen) atoms. The van der Waals surface area contributed by atoms with Crippen LogP contribution >= 0.6 is 11.6 Å². The van der Waals surface area contributed by atoms with Crippen molar-refractivity contribution < 1.29 is 0 Å². The minimum Gasteiger partial charge on any atom is -0.319 e. The van der Waals surface area contributed by atoms with E-state index in [4.69, 9.17) is 16.6 Å². The largest absolute Gasteiger partial charge is 0.319 e. The van der Waals surface area contributed by atoms with Gasteiger partial charge in [0.1, 0.15) is 5.82 Å². The third kappa shape index (κ3) is 2.81. The van der Waals surface area contributed by atoms with E-state index in [2.05, 4.69) is 54.0 Å². The highest BCUT2D eigenvalue weighted by atomic mass is 35.5. The maximum atomic E-state index is 6.04. The highest BCUT2D eigenvalue weighted by Gasteiger charge is 2.13. The predicted octanol–water partition coefficient (Wildman–Crippen LogP) is 5.71. The molecule has 0 saturated carbocycles. The first-order chi connectivity index (χ1) is 11.7. The van der Waals surface area contributed by atoms with Gasteiger partial charge < -0.3 is 4.57 Å². The summed E-state index contributed by atoms with van der Waals surface area (Å²) >= 11 is 6.04. The van der Waals surface area contributed by atoms with E-state index in [-0.39, 0.29) is 0 Å². The second kappa shape index (κ2) is 6.14. The Morgan fingerprint density at radius 3 is 2.42 bits per heavy atom. The van der Waals surface area contributed by atoms with Gasteiger partial charge in [-0.2, -0.15) is 0 Å². The summed E-state index contributed by atoms with van der Waals surface area (Å²) < 4.78 is 2.28. The lowest BCUT2D eigenvalue weighted by atomic mass is 10.2. The molecule has 0 bridgehead atoms. The number of fused-ring (bicyclic) bond motifs is 1. The number of imidazole rings is 1. The van der Waals surface area contributed by atoms with Gasteiger partial charge in [0.2, 0.25) is 0 Å². The number of halogens is 1. The molecule has 1 heterocycles. The Balaban J connectivity index is 1.91. The van der Waals surface area contributed by atoms with E-state index >= 15 is 0 Å². The molecule has 0 atom stereocenters. The first-order valence-electron chi connectivity index (χ1n) is 7.97. The molecule has 4 aromatic rings. The number of hydrogen-bond acceptors (Lipinski definition) is 1. The average molecular weight is 333 g/mol. The van der Waals surface area contributed by atoms with Crippen molar-refractivity contribution in [2.75, 3.05) is 0 Å². The van der Waals surface area contributed by atoms with Gasteiger partial charge in [-0.1, -0.05) is 48.0 Å². The molecular weight excluding hydrogens is 316 g/mol. The topological polar surface area (TPSA) is 17.8 Å². The Labute approximate surface area is 146 Å². The minimum atomic E-state index is 0.736. The van der Waals surface area contributed by atoms with Crippen LogP contribution in [0.15, 0.2) is 72.8 Å². The maximum absolute atomic E-state index is 6.04. The van der Waals surface area contributed by atoms with Crippen LogP contribution in [0.3, 0.4) is 0 Å². The smallest absolute Gasteiger partial charge is 0.141 e. The molecule has 0 aliphatic carbocycles. The Hall–Kier alpha value is -2.58. The fourth-order valence-corrected chi connectivity index (χ4v) is 3.10. The number of aryl methyl sites for hydroxylation is 1. The van der Waals surface area contributed by atoms with E-state index < -0.39 is 0 Å². The monoisotopic (exact) mass is 332 g/mol. The standard InChI is InChI=1S/C21H17ClN2/c1-15-7-12-19-20(13-15)24(14-16-5-3-2-4-6-16)21(23-19)17-8-10-18(22)11-9-17/h2-13H,14H2,1H3. The molecule has 3 aromatic carbocycles. The summed E-state index contributed by atoms with van der Waals surface area (Å²) in [6.07, 6.45) is 0. The van der Waals surface area contributed by atoms with Gasteiger partial charge in [0.25, 0.3) is 0 Å². The zero-order valence-electron chi connectivity index (χ0n) is 13.4. The number of benzene rings is 3. The summed E-state index contributed by atoms with van der Waals surface area (Å²) in [5.74, 6) is 0.969. The van der Waals surface area contributed by atoms with Gasteiger partial charge in [-0.05, 0) is 54.4 Å². The molecule has 0 unspecified atom stereocenters. The van der Waals surface area contributed by atoms with Gasteiger partial charge >= 0.3 is 0 Å². The molecule has 0 fully saturated rings. The van der Waals surface area contributed by atoms with E-state index in [1.807, 2.05) is 30.3 Å². The molecule has 0 N–H and O–H groups in total. The summed E-state index contributed by atoms with van der Waals surface area (Å²) in [6.45, 7) is 2.90. The molecule has 3 heteroatoms. The van der Waals surface area contributed by atoms with Gasteiger partial charge in [0, 0.05) is 17.1 Å². The van der Waals surface area contributed by atoms with Crippen LogP contribution in [0.5, 0.6) is 0 Å². The van der Waals surface area contributed by atoms with E-state index in [9.17, 15) is 0 Å². The highest BCUT2D eigenvalue weighted by Crippen LogP contribution is 2.27. The average Bonchev–Trinajstić information content (AvgIpc) is 2.94. The number of rotatable bonds is 3. The number of hydrogen-bond donors (Lipinski definition) is 0. The lowest BCUT2D eigenvalue weighted by molar-refractivity contribution is 0.834. The first kappa shape index (κ1) is 15.0. The van der Waals surface area contributed by atoms with E-state index in [0.717, 1.165) is 34.0 Å². The van der Waals surface area contributed by atoms with Crippen LogP contribution in [0, 0.1) is 6.92 Å². The summed E-state index contributed by atoms with van der Waals surface area (Å²) in [4.78, 5) is 4.87. The van der Waals surface area contributed by atoms with Crippen molar-refractivity contribution in [1.29, 1.82) is 0 Å². The zero-order valence-corrected chi connectivity index (χ0v) is 14.2. The molecule has 2 nitrogen and oxygen atoms in total. The van der Waals surface area contributed by atoms with Gasteiger partial charge in [0.05, 0.1) is 11.0 Å². The van der Waals surface area contributed by atoms with Gasteiger partial charge in [0.15, 0.2) is 0 Å². The second-order valence-corrected chi connectivity index (χ2v) is 6.44. The maximum Gasteiger partial charge on any atom is 0.141 e. The number of aromatic nitrogens is 2. The van der Waals surface area contributed by atoms with Crippen LogP contribution in [-0.2, 0) is 6.54 Å². The number of nitrogens with zero attached hydrogens (tertiary/aromatic N) is 2. The molecule has 1 aromatic heterocycles. The molecule has 4 rings (SSSR count). The highest BCUT2D eigenvalue weighted by molar-refractivity contribution is 6.30. The quantitative estimate of drug-likeness (QED) is 0.469.